The molecule has 1 heterocycles. The van der Waals surface area contributed by atoms with Crippen molar-refractivity contribution < 1.29 is 58.2 Å². The predicted molar refractivity (Wildman–Crippen MR) is 330 cm³/mol. The molecule has 1 saturated heterocycles. The number of esters is 3. The highest BCUT2D eigenvalue weighted by molar-refractivity contribution is 5.74. The fourth-order valence-electron chi connectivity index (χ4n) is 8.48. The maximum Gasteiger partial charge on any atom is 0.335 e. The van der Waals surface area contributed by atoms with E-state index in [1.165, 1.54) is 19.3 Å². The van der Waals surface area contributed by atoms with Gasteiger partial charge in [0, 0.05) is 19.3 Å². The van der Waals surface area contributed by atoms with E-state index < -0.39 is 67.3 Å². The van der Waals surface area contributed by atoms with Gasteiger partial charge in [0.1, 0.15) is 18.8 Å². The predicted octanol–water partition coefficient (Wildman–Crippen LogP) is 16.6. The van der Waals surface area contributed by atoms with E-state index in [-0.39, 0.29) is 25.9 Å². The van der Waals surface area contributed by atoms with Gasteiger partial charge in [0.05, 0.1) is 6.61 Å². The minimum Gasteiger partial charge on any atom is -0.479 e. The van der Waals surface area contributed by atoms with Crippen LogP contribution in [-0.4, -0.2) is 89.2 Å². The number of carbonyl (C=O) groups excluding carboxylic acids is 3. The van der Waals surface area contributed by atoms with Crippen molar-refractivity contribution >= 4 is 23.9 Å². The van der Waals surface area contributed by atoms with Crippen LogP contribution in [0.3, 0.4) is 0 Å². The Bertz CT molecular complexity index is 1920. The first kappa shape index (κ1) is 73.9. The van der Waals surface area contributed by atoms with Crippen LogP contribution in [-0.2, 0) is 42.9 Å². The average Bonchev–Trinajstić information content (AvgIpc) is 3.53. The Kier molecular flexibility index (Phi) is 50.5. The highest BCUT2D eigenvalue weighted by atomic mass is 16.7. The number of unbranched alkanes of at least 4 members (excludes halogenated alkanes) is 15. The van der Waals surface area contributed by atoms with Gasteiger partial charge in [0.2, 0.25) is 0 Å². The van der Waals surface area contributed by atoms with E-state index in [2.05, 4.69) is 148 Å². The molecule has 12 heteroatoms. The van der Waals surface area contributed by atoms with Crippen molar-refractivity contribution in [3.8, 4) is 0 Å². The number of rotatable bonds is 51. The van der Waals surface area contributed by atoms with Crippen molar-refractivity contribution in [2.24, 2.45) is 0 Å². The first-order valence-electron chi connectivity index (χ1n) is 31.2. The summed E-state index contributed by atoms with van der Waals surface area (Å²) in [6, 6.07) is 0. The van der Waals surface area contributed by atoms with E-state index in [4.69, 9.17) is 23.7 Å². The molecular formula is C69H108O12. The molecule has 1 fully saturated rings. The molecule has 1 aliphatic rings. The van der Waals surface area contributed by atoms with E-state index >= 15 is 0 Å². The fourth-order valence-corrected chi connectivity index (χ4v) is 8.48. The normalized spacial score (nSPS) is 18.7. The number of ether oxygens (including phenoxy) is 5. The molecule has 0 bridgehead atoms. The minimum atomic E-state index is -1.93. The molecule has 81 heavy (non-hydrogen) atoms. The summed E-state index contributed by atoms with van der Waals surface area (Å²) in [5, 5.41) is 31.6. The van der Waals surface area contributed by atoms with Gasteiger partial charge in [0.25, 0.3) is 0 Å². The molecule has 0 amide bonds. The van der Waals surface area contributed by atoms with Gasteiger partial charge < -0.3 is 39.0 Å². The topological polar surface area (TPSA) is 175 Å². The Morgan fingerprint density at radius 2 is 0.790 bits per heavy atom. The second-order valence-corrected chi connectivity index (χ2v) is 20.6. The van der Waals surface area contributed by atoms with Crippen molar-refractivity contribution in [3.05, 3.63) is 134 Å². The second-order valence-electron chi connectivity index (χ2n) is 20.6. The van der Waals surface area contributed by atoms with Crippen LogP contribution in [0.4, 0.5) is 0 Å². The lowest BCUT2D eigenvalue weighted by Gasteiger charge is -2.40. The number of carboxylic acids is 1. The zero-order chi connectivity index (χ0) is 58.9. The summed E-state index contributed by atoms with van der Waals surface area (Å²) in [7, 11) is 0. The third kappa shape index (κ3) is 45.1. The van der Waals surface area contributed by atoms with E-state index in [1.807, 2.05) is 6.08 Å². The summed E-state index contributed by atoms with van der Waals surface area (Å²) in [6.07, 6.45) is 65.5. The van der Waals surface area contributed by atoms with Gasteiger partial charge in [-0.3, -0.25) is 14.4 Å². The lowest BCUT2D eigenvalue weighted by Crippen LogP contribution is -2.61. The number of aliphatic hydroxyl groups excluding tert-OH is 2. The molecule has 6 atom stereocenters. The lowest BCUT2D eigenvalue weighted by molar-refractivity contribution is -0.301. The van der Waals surface area contributed by atoms with Crippen LogP contribution in [0, 0.1) is 0 Å². The molecular weight excluding hydrogens is 1020 g/mol. The summed E-state index contributed by atoms with van der Waals surface area (Å²) in [4.78, 5) is 51.2. The summed E-state index contributed by atoms with van der Waals surface area (Å²) in [6.45, 7) is 5.67. The van der Waals surface area contributed by atoms with Crippen LogP contribution in [0.25, 0.3) is 0 Å². The standard InChI is InChI=1S/C69H108O12/c1-4-7-10-13-16-19-22-25-28-30-31-33-36-39-42-45-48-51-54-57-63(72)80-67-65(74)64(73)66(68(75)76)81-69(67)78-59-60(79-62(71)56-53-50-47-44-41-38-34-27-24-21-18-15-12-9-6-3)58-77-61(70)55-52-49-46-43-40-37-35-32-29-26-23-20-17-14-11-8-5-2/h8-9,11-12,16-21,25-29,31,33-35,37,43,46,60,64-67,69,73-74H,4-7,10,13-15,22-24,30,32,36,38-42,44-45,47-59H2,1-3H3,(H,75,76)/b11-8-,12-9-,19-16-,20-17-,21-18-,28-25-,29-26-,33-31-,34-27-,37-35-,46-43-. The van der Waals surface area contributed by atoms with Gasteiger partial charge in [0.15, 0.2) is 24.6 Å². The molecule has 0 aromatic heterocycles. The number of carbonyl (C=O) groups is 4. The van der Waals surface area contributed by atoms with Crippen molar-refractivity contribution in [3.63, 3.8) is 0 Å². The van der Waals surface area contributed by atoms with E-state index in [0.717, 1.165) is 141 Å². The number of allylic oxidation sites excluding steroid dienone is 22. The number of hydrogen-bond acceptors (Lipinski definition) is 11. The molecule has 1 rings (SSSR count). The summed E-state index contributed by atoms with van der Waals surface area (Å²) < 4.78 is 28.4. The van der Waals surface area contributed by atoms with Gasteiger partial charge in [-0.1, -0.05) is 212 Å². The second kappa shape index (κ2) is 55.4. The molecule has 0 aromatic rings. The molecule has 0 radical (unpaired) electrons. The Morgan fingerprint density at radius 3 is 1.22 bits per heavy atom. The lowest BCUT2D eigenvalue weighted by atomic mass is 9.98. The molecule has 3 N–H and O–H groups in total. The summed E-state index contributed by atoms with van der Waals surface area (Å²) >= 11 is 0. The SMILES string of the molecule is CC/C=C\C/C=C\C/C=C\C/C=C\C/C=C\CCCC(=O)OCC(COC1OC(C(=O)O)C(O)C(O)C1OC(=O)CCCCCCCC/C=C\C/C=C\C/C=C\CCCCC)OC(=O)CCCCCCC/C=C\C/C=C\C/C=C\CC. The number of hydrogen-bond donors (Lipinski definition) is 3. The Balaban J connectivity index is 2.73. The van der Waals surface area contributed by atoms with Crippen molar-refractivity contribution in [1.82, 2.24) is 0 Å². The average molecular weight is 1130 g/mol. The number of carboxylic acid groups (broad SMARTS) is 1. The Hall–Kier alpha value is -5.14. The van der Waals surface area contributed by atoms with Crippen LogP contribution in [0.5, 0.6) is 0 Å². The van der Waals surface area contributed by atoms with Crippen LogP contribution in [0.2, 0.25) is 0 Å². The molecule has 0 saturated carbocycles. The summed E-state index contributed by atoms with van der Waals surface area (Å²) in [5.41, 5.74) is 0. The molecule has 6 unspecified atom stereocenters. The highest BCUT2D eigenvalue weighted by Crippen LogP contribution is 2.26. The monoisotopic (exact) mass is 1130 g/mol. The van der Waals surface area contributed by atoms with E-state index in [1.54, 1.807) is 0 Å². The minimum absolute atomic E-state index is 0.0308. The van der Waals surface area contributed by atoms with Crippen LogP contribution in [0.1, 0.15) is 226 Å². The van der Waals surface area contributed by atoms with Crippen molar-refractivity contribution in [1.29, 1.82) is 0 Å². The maximum absolute atomic E-state index is 13.2. The fraction of sp³-hybridized carbons (Fsp3) is 0.623. The van der Waals surface area contributed by atoms with Crippen LogP contribution >= 0.6 is 0 Å². The Labute approximate surface area is 490 Å². The zero-order valence-corrected chi connectivity index (χ0v) is 50.2. The quantitative estimate of drug-likeness (QED) is 0.0228. The van der Waals surface area contributed by atoms with Crippen LogP contribution < -0.4 is 0 Å². The van der Waals surface area contributed by atoms with Gasteiger partial charge >= 0.3 is 23.9 Å². The number of aliphatic carboxylic acids is 1. The maximum atomic E-state index is 13.2. The van der Waals surface area contributed by atoms with Gasteiger partial charge in [-0.15, -0.1) is 0 Å². The molecule has 0 spiro atoms. The largest absolute Gasteiger partial charge is 0.479 e. The zero-order valence-electron chi connectivity index (χ0n) is 50.2. The van der Waals surface area contributed by atoms with E-state index in [9.17, 15) is 34.5 Å². The number of aliphatic hydroxyl groups is 2. The molecule has 0 aromatic carbocycles. The highest BCUT2D eigenvalue weighted by Gasteiger charge is 2.50. The first-order chi connectivity index (χ1) is 39.6. The van der Waals surface area contributed by atoms with Crippen LogP contribution in [0.15, 0.2) is 134 Å². The van der Waals surface area contributed by atoms with Gasteiger partial charge in [-0.25, -0.2) is 4.79 Å². The van der Waals surface area contributed by atoms with Crippen molar-refractivity contribution in [2.75, 3.05) is 13.2 Å². The molecule has 0 aliphatic carbocycles. The smallest absolute Gasteiger partial charge is 0.335 e. The summed E-state index contributed by atoms with van der Waals surface area (Å²) in [5.74, 6) is -3.26. The molecule has 1 aliphatic heterocycles. The molecule has 456 valence electrons. The van der Waals surface area contributed by atoms with Crippen molar-refractivity contribution in [2.45, 2.75) is 263 Å². The van der Waals surface area contributed by atoms with E-state index in [0.29, 0.717) is 25.7 Å². The third-order valence-corrected chi connectivity index (χ3v) is 13.2. The Morgan fingerprint density at radius 1 is 0.420 bits per heavy atom. The van der Waals surface area contributed by atoms with Gasteiger partial charge in [-0.05, 0) is 128 Å². The van der Waals surface area contributed by atoms with Gasteiger partial charge in [-0.2, -0.15) is 0 Å². The third-order valence-electron chi connectivity index (χ3n) is 13.2. The molecule has 12 nitrogen and oxygen atoms in total. The first-order valence-corrected chi connectivity index (χ1v) is 31.2.